The van der Waals surface area contributed by atoms with Crippen LogP contribution >= 0.6 is 0 Å². The van der Waals surface area contributed by atoms with Crippen molar-refractivity contribution in [3.8, 4) is 0 Å². The van der Waals surface area contributed by atoms with Crippen LogP contribution in [0.3, 0.4) is 0 Å². The number of carbonyl (C=O) groups is 1. The highest BCUT2D eigenvalue weighted by atomic mass is 16.2. The van der Waals surface area contributed by atoms with Crippen molar-refractivity contribution in [1.82, 2.24) is 4.90 Å². The smallest absolute Gasteiger partial charge is 0.242 e. The molecule has 0 spiro atoms. The molecule has 0 fully saturated rings. The van der Waals surface area contributed by atoms with Gasteiger partial charge in [-0.15, -0.1) is 0 Å². The number of carbonyl (C=O) groups excluding carboxylic acids is 1. The van der Waals surface area contributed by atoms with E-state index in [-0.39, 0.29) is 5.91 Å². The lowest BCUT2D eigenvalue weighted by atomic mass is 9.98. The second kappa shape index (κ2) is 4.45. The van der Waals surface area contributed by atoms with Crippen molar-refractivity contribution in [2.24, 2.45) is 5.73 Å². The van der Waals surface area contributed by atoms with Crippen LogP contribution in [-0.2, 0) is 4.79 Å². The fraction of sp³-hybridized carbons (Fsp3) is 0.889. The van der Waals surface area contributed by atoms with E-state index in [1.165, 1.54) is 0 Å². The highest BCUT2D eigenvalue weighted by Gasteiger charge is 2.29. The molecule has 3 heteroatoms. The molecule has 0 saturated heterocycles. The van der Waals surface area contributed by atoms with Crippen LogP contribution in [0.25, 0.3) is 0 Å². The summed E-state index contributed by atoms with van der Waals surface area (Å²) in [6, 6.07) is 0. The zero-order valence-electron chi connectivity index (χ0n) is 8.55. The number of amides is 1. The molecule has 0 saturated carbocycles. The molecule has 0 aromatic carbocycles. The van der Waals surface area contributed by atoms with Crippen LogP contribution < -0.4 is 5.73 Å². The Morgan fingerprint density at radius 2 is 1.75 bits per heavy atom. The van der Waals surface area contributed by atoms with Gasteiger partial charge in [0, 0.05) is 13.1 Å². The summed E-state index contributed by atoms with van der Waals surface area (Å²) in [4.78, 5) is 13.4. The molecule has 3 nitrogen and oxygen atoms in total. The number of nitrogens with zero attached hydrogens (tertiary/aromatic N) is 1. The Kier molecular flexibility index (Phi) is 4.24. The minimum Gasteiger partial charge on any atom is -0.342 e. The minimum atomic E-state index is -0.688. The number of hydrogen-bond donors (Lipinski definition) is 1. The molecule has 0 aliphatic heterocycles. The van der Waals surface area contributed by atoms with Gasteiger partial charge in [-0.05, 0) is 27.2 Å². The predicted octanol–water partition coefficient (Wildman–Crippen LogP) is 0.982. The molecule has 0 bridgehead atoms. The monoisotopic (exact) mass is 172 g/mol. The zero-order valence-corrected chi connectivity index (χ0v) is 8.55. The van der Waals surface area contributed by atoms with E-state index in [0.717, 1.165) is 13.1 Å². The fourth-order valence-corrected chi connectivity index (χ4v) is 1.02. The summed E-state index contributed by atoms with van der Waals surface area (Å²) in [5.41, 5.74) is 5.13. The first-order chi connectivity index (χ1) is 5.49. The van der Waals surface area contributed by atoms with Crippen LogP contribution in [-0.4, -0.2) is 29.4 Å². The molecular formula is C9H20N2O. The third-order valence-corrected chi connectivity index (χ3v) is 2.27. The number of rotatable bonds is 4. The lowest BCUT2D eigenvalue weighted by Gasteiger charge is -2.29. The molecule has 0 heterocycles. The van der Waals surface area contributed by atoms with E-state index in [4.69, 9.17) is 5.73 Å². The summed E-state index contributed by atoms with van der Waals surface area (Å²) in [7, 11) is 0. The van der Waals surface area contributed by atoms with E-state index in [1.807, 2.05) is 20.8 Å². The van der Waals surface area contributed by atoms with Crippen molar-refractivity contribution < 1.29 is 4.79 Å². The van der Waals surface area contributed by atoms with Gasteiger partial charge in [0.05, 0.1) is 5.54 Å². The molecule has 1 atom stereocenters. The van der Waals surface area contributed by atoms with Crippen molar-refractivity contribution in [1.29, 1.82) is 0 Å². The Labute approximate surface area is 74.9 Å². The van der Waals surface area contributed by atoms with Crippen LogP contribution in [0, 0.1) is 0 Å². The van der Waals surface area contributed by atoms with Gasteiger partial charge in [-0.3, -0.25) is 4.79 Å². The second-order valence-corrected chi connectivity index (χ2v) is 3.25. The van der Waals surface area contributed by atoms with Gasteiger partial charge in [-0.25, -0.2) is 0 Å². The maximum absolute atomic E-state index is 11.7. The predicted molar refractivity (Wildman–Crippen MR) is 50.8 cm³/mol. The lowest BCUT2D eigenvalue weighted by molar-refractivity contribution is -0.136. The van der Waals surface area contributed by atoms with E-state index in [9.17, 15) is 4.79 Å². The largest absolute Gasteiger partial charge is 0.342 e. The third kappa shape index (κ3) is 2.48. The molecule has 0 radical (unpaired) electrons. The molecular weight excluding hydrogens is 152 g/mol. The number of likely N-dealkylation sites (N-methyl/N-ethyl adjacent to an activating group) is 1. The van der Waals surface area contributed by atoms with Gasteiger partial charge in [0.1, 0.15) is 0 Å². The Morgan fingerprint density at radius 1 is 1.33 bits per heavy atom. The van der Waals surface area contributed by atoms with Crippen LogP contribution in [0.1, 0.15) is 34.1 Å². The van der Waals surface area contributed by atoms with E-state index >= 15 is 0 Å². The molecule has 1 amide bonds. The van der Waals surface area contributed by atoms with Gasteiger partial charge in [-0.2, -0.15) is 0 Å². The normalized spacial score (nSPS) is 15.4. The number of nitrogens with two attached hydrogens (primary N) is 1. The molecule has 12 heavy (non-hydrogen) atoms. The molecule has 0 aliphatic carbocycles. The summed E-state index contributed by atoms with van der Waals surface area (Å²) in [5.74, 6) is 0.0509. The molecule has 0 aromatic heterocycles. The summed E-state index contributed by atoms with van der Waals surface area (Å²) in [5, 5.41) is 0. The maximum atomic E-state index is 11.7. The molecule has 1 unspecified atom stereocenters. The highest BCUT2D eigenvalue weighted by Crippen LogP contribution is 2.09. The summed E-state index contributed by atoms with van der Waals surface area (Å²) < 4.78 is 0. The Balaban J connectivity index is 4.35. The first kappa shape index (κ1) is 11.4. The van der Waals surface area contributed by atoms with Crippen molar-refractivity contribution in [3.63, 3.8) is 0 Å². The van der Waals surface area contributed by atoms with Crippen LogP contribution in [0.2, 0.25) is 0 Å². The molecule has 2 N–H and O–H groups in total. The molecule has 0 aromatic rings. The van der Waals surface area contributed by atoms with Gasteiger partial charge >= 0.3 is 0 Å². The molecule has 72 valence electrons. The van der Waals surface area contributed by atoms with Crippen LogP contribution in [0.4, 0.5) is 0 Å². The fourth-order valence-electron chi connectivity index (χ4n) is 1.02. The van der Waals surface area contributed by atoms with E-state index < -0.39 is 5.54 Å². The lowest BCUT2D eigenvalue weighted by Crippen LogP contribution is -2.52. The van der Waals surface area contributed by atoms with Gasteiger partial charge < -0.3 is 10.6 Å². The topological polar surface area (TPSA) is 46.3 Å². The van der Waals surface area contributed by atoms with Crippen molar-refractivity contribution in [2.75, 3.05) is 13.1 Å². The van der Waals surface area contributed by atoms with E-state index in [0.29, 0.717) is 6.42 Å². The first-order valence-electron chi connectivity index (χ1n) is 4.57. The van der Waals surface area contributed by atoms with Gasteiger partial charge in [0.25, 0.3) is 0 Å². The number of hydrogen-bond acceptors (Lipinski definition) is 2. The van der Waals surface area contributed by atoms with Crippen LogP contribution in [0.5, 0.6) is 0 Å². The van der Waals surface area contributed by atoms with Gasteiger partial charge in [0.2, 0.25) is 5.91 Å². The van der Waals surface area contributed by atoms with E-state index in [2.05, 4.69) is 0 Å². The van der Waals surface area contributed by atoms with Crippen molar-refractivity contribution in [3.05, 3.63) is 0 Å². The van der Waals surface area contributed by atoms with Crippen molar-refractivity contribution in [2.45, 2.75) is 39.7 Å². The average Bonchev–Trinajstić information content (AvgIpc) is 2.06. The molecule has 0 aliphatic rings. The van der Waals surface area contributed by atoms with Gasteiger partial charge in [-0.1, -0.05) is 6.92 Å². The minimum absolute atomic E-state index is 0.0509. The summed E-state index contributed by atoms with van der Waals surface area (Å²) in [6.45, 7) is 9.12. The molecule has 0 rings (SSSR count). The highest BCUT2D eigenvalue weighted by molar-refractivity contribution is 5.85. The van der Waals surface area contributed by atoms with Crippen molar-refractivity contribution >= 4 is 5.91 Å². The standard InChI is InChI=1S/C9H20N2O/c1-5-9(4,10)8(12)11(6-2)7-3/h5-7,10H2,1-4H3. The zero-order chi connectivity index (χ0) is 9.78. The Morgan fingerprint density at radius 3 is 2.00 bits per heavy atom. The second-order valence-electron chi connectivity index (χ2n) is 3.25. The van der Waals surface area contributed by atoms with E-state index in [1.54, 1.807) is 11.8 Å². The average molecular weight is 172 g/mol. The maximum Gasteiger partial charge on any atom is 0.242 e. The Hall–Kier alpha value is -0.570. The summed E-state index contributed by atoms with van der Waals surface area (Å²) in [6.07, 6.45) is 0.683. The first-order valence-corrected chi connectivity index (χ1v) is 4.57. The van der Waals surface area contributed by atoms with Gasteiger partial charge in [0.15, 0.2) is 0 Å². The quantitative estimate of drug-likeness (QED) is 0.687. The third-order valence-electron chi connectivity index (χ3n) is 2.27. The van der Waals surface area contributed by atoms with Crippen LogP contribution in [0.15, 0.2) is 0 Å². The Bertz CT molecular complexity index is 151. The SMILES string of the molecule is CCN(CC)C(=O)C(C)(N)CC. The summed E-state index contributed by atoms with van der Waals surface area (Å²) >= 11 is 0.